The molecule has 0 aliphatic carbocycles. The van der Waals surface area contributed by atoms with Crippen molar-refractivity contribution in [3.8, 4) is 0 Å². The first-order chi connectivity index (χ1) is 13.2. The third-order valence-corrected chi connectivity index (χ3v) is 4.00. The number of hydrogen-bond donors (Lipinski definition) is 3. The minimum atomic E-state index is -4.96. The summed E-state index contributed by atoms with van der Waals surface area (Å²) in [5.74, 6) is -3.74. The topological polar surface area (TPSA) is 83.0 Å². The fourth-order valence-electron chi connectivity index (χ4n) is 2.43. The summed E-state index contributed by atoms with van der Waals surface area (Å²) in [5, 5.41) is 17.9. The molecule has 1 atom stereocenters. The van der Waals surface area contributed by atoms with Crippen LogP contribution in [0.3, 0.4) is 0 Å². The van der Waals surface area contributed by atoms with Crippen LogP contribution in [0.1, 0.15) is 17.5 Å². The average molecular weight is 397 g/mol. The molecule has 0 saturated carbocycles. The van der Waals surface area contributed by atoms with Gasteiger partial charge >= 0.3 is 18.0 Å². The van der Waals surface area contributed by atoms with Crippen molar-refractivity contribution in [2.75, 3.05) is 5.32 Å². The van der Waals surface area contributed by atoms with E-state index in [2.05, 4.69) is 20.6 Å². The number of anilines is 1. The van der Waals surface area contributed by atoms with Crippen LogP contribution in [0.2, 0.25) is 0 Å². The largest absolute Gasteiger partial charge is 0.458 e. The van der Waals surface area contributed by atoms with E-state index in [1.54, 1.807) is 12.1 Å². The highest BCUT2D eigenvalue weighted by atomic mass is 19.4. The number of rotatable bonds is 4. The molecule has 1 unspecified atom stereocenters. The molecule has 6 nitrogen and oxygen atoms in total. The van der Waals surface area contributed by atoms with Gasteiger partial charge in [-0.15, -0.1) is 0 Å². The molecule has 2 amide bonds. The Kier molecular flexibility index (Phi) is 5.23. The maximum Gasteiger partial charge on any atom is 0.458 e. The number of hydrogen-bond acceptors (Lipinski definition) is 4. The van der Waals surface area contributed by atoms with Crippen LogP contribution in [0.4, 0.5) is 28.0 Å². The van der Waals surface area contributed by atoms with Gasteiger partial charge in [0.2, 0.25) is 0 Å². The van der Waals surface area contributed by atoms with Crippen molar-refractivity contribution < 1.29 is 32.3 Å². The Bertz CT molecular complexity index is 882. The number of nitrogens with one attached hydrogen (secondary N) is 2. The third kappa shape index (κ3) is 4.39. The van der Waals surface area contributed by atoms with Crippen molar-refractivity contribution >= 4 is 17.4 Å². The SMILES string of the molecule is O=C(NCc1ccc(C2=NOC(O)(C(F)(F)F)C2)cc1)Nc1ccc(F)cc1. The molecule has 148 valence electrons. The quantitative estimate of drug-likeness (QED) is 0.691. The summed E-state index contributed by atoms with van der Waals surface area (Å²) in [7, 11) is 0. The van der Waals surface area contributed by atoms with E-state index in [9.17, 15) is 27.5 Å². The fourth-order valence-corrected chi connectivity index (χ4v) is 2.43. The Labute approximate surface area is 156 Å². The van der Waals surface area contributed by atoms with Gasteiger partial charge in [-0.2, -0.15) is 13.2 Å². The van der Waals surface area contributed by atoms with Crippen LogP contribution in [0.25, 0.3) is 0 Å². The first-order valence-electron chi connectivity index (χ1n) is 8.10. The van der Waals surface area contributed by atoms with Crippen molar-refractivity contribution in [1.29, 1.82) is 0 Å². The fraction of sp³-hybridized carbons (Fsp3) is 0.222. The van der Waals surface area contributed by atoms with E-state index in [1.165, 1.54) is 36.4 Å². The lowest BCUT2D eigenvalue weighted by Crippen LogP contribution is -2.45. The second-order valence-electron chi connectivity index (χ2n) is 6.10. The first kappa shape index (κ1) is 19.6. The van der Waals surface area contributed by atoms with Gasteiger partial charge in [-0.3, -0.25) is 0 Å². The molecule has 1 heterocycles. The van der Waals surface area contributed by atoms with Gasteiger partial charge < -0.3 is 20.6 Å². The van der Waals surface area contributed by atoms with Crippen molar-refractivity contribution in [3.05, 3.63) is 65.5 Å². The Morgan fingerprint density at radius 2 is 1.79 bits per heavy atom. The Balaban J connectivity index is 1.54. The van der Waals surface area contributed by atoms with Crippen LogP contribution in [-0.4, -0.2) is 28.8 Å². The van der Waals surface area contributed by atoms with Gasteiger partial charge in [0.05, 0.1) is 12.1 Å². The van der Waals surface area contributed by atoms with Crippen LogP contribution in [0.5, 0.6) is 0 Å². The highest BCUT2D eigenvalue weighted by molar-refractivity contribution is 6.01. The smallest absolute Gasteiger partial charge is 0.350 e. The van der Waals surface area contributed by atoms with Gasteiger partial charge in [-0.25, -0.2) is 9.18 Å². The molecule has 1 aliphatic rings. The minimum Gasteiger partial charge on any atom is -0.350 e. The van der Waals surface area contributed by atoms with Gasteiger partial charge in [-0.1, -0.05) is 29.4 Å². The second kappa shape index (κ2) is 7.47. The number of nitrogens with zero attached hydrogens (tertiary/aromatic N) is 1. The zero-order chi connectivity index (χ0) is 20.4. The molecule has 2 aromatic carbocycles. The molecule has 2 aromatic rings. The normalized spacial score (nSPS) is 19.0. The number of carbonyl (C=O) groups excluding carboxylic acids is 1. The van der Waals surface area contributed by atoms with Gasteiger partial charge in [-0.05, 0) is 35.4 Å². The van der Waals surface area contributed by atoms with Gasteiger partial charge in [0.1, 0.15) is 5.82 Å². The number of urea groups is 1. The van der Waals surface area contributed by atoms with Gasteiger partial charge in [0.15, 0.2) is 0 Å². The summed E-state index contributed by atoms with van der Waals surface area (Å²) in [4.78, 5) is 16.0. The molecule has 0 aromatic heterocycles. The summed E-state index contributed by atoms with van der Waals surface area (Å²) in [6.07, 6.45) is -5.77. The molecule has 28 heavy (non-hydrogen) atoms. The van der Waals surface area contributed by atoms with Crippen molar-refractivity contribution in [3.63, 3.8) is 0 Å². The molecule has 3 N–H and O–H groups in total. The van der Waals surface area contributed by atoms with E-state index < -0.39 is 30.2 Å². The standard InChI is InChI=1S/C18H15F4N3O3/c19-13-5-7-14(8-6-13)24-16(26)23-10-11-1-3-12(4-2-11)15-9-17(27,28-25-15)18(20,21)22/h1-8,27H,9-10H2,(H2,23,24,26). The maximum atomic E-state index is 12.8. The lowest BCUT2D eigenvalue weighted by Gasteiger charge is -2.22. The highest BCUT2D eigenvalue weighted by Gasteiger charge is 2.60. The van der Waals surface area contributed by atoms with E-state index in [0.29, 0.717) is 16.8 Å². The summed E-state index contributed by atoms with van der Waals surface area (Å²) in [5.41, 5.74) is 1.43. The van der Waals surface area contributed by atoms with Gasteiger partial charge in [0.25, 0.3) is 0 Å². The van der Waals surface area contributed by atoms with Crippen LogP contribution >= 0.6 is 0 Å². The van der Waals surface area contributed by atoms with Crippen LogP contribution in [0, 0.1) is 5.82 Å². The first-order valence-corrected chi connectivity index (χ1v) is 8.10. The zero-order valence-corrected chi connectivity index (χ0v) is 14.3. The predicted octanol–water partition coefficient (Wildman–Crippen LogP) is 3.52. The molecular formula is C18H15F4N3O3. The molecule has 3 rings (SSSR count). The number of alkyl halides is 3. The number of halogens is 4. The number of carbonyl (C=O) groups is 1. The molecule has 0 radical (unpaired) electrons. The molecule has 0 saturated heterocycles. The van der Waals surface area contributed by atoms with E-state index in [-0.39, 0.29) is 12.3 Å². The number of aliphatic hydroxyl groups is 1. The van der Waals surface area contributed by atoms with Crippen LogP contribution in [-0.2, 0) is 11.4 Å². The summed E-state index contributed by atoms with van der Waals surface area (Å²) in [6, 6.07) is 11.0. The number of amides is 2. The number of benzene rings is 2. The Morgan fingerprint density at radius 3 is 2.36 bits per heavy atom. The highest BCUT2D eigenvalue weighted by Crippen LogP contribution is 2.38. The summed E-state index contributed by atoms with van der Waals surface area (Å²) in [6.45, 7) is 0.156. The Morgan fingerprint density at radius 1 is 1.14 bits per heavy atom. The van der Waals surface area contributed by atoms with Crippen molar-refractivity contribution in [2.24, 2.45) is 5.16 Å². The number of oxime groups is 1. The Hall–Kier alpha value is -3.14. The zero-order valence-electron chi connectivity index (χ0n) is 14.3. The maximum absolute atomic E-state index is 12.8. The summed E-state index contributed by atoms with van der Waals surface area (Å²) >= 11 is 0. The van der Waals surface area contributed by atoms with E-state index in [1.807, 2.05) is 0 Å². The minimum absolute atomic E-state index is 0.0339. The monoisotopic (exact) mass is 397 g/mol. The van der Waals surface area contributed by atoms with E-state index in [0.717, 1.165) is 0 Å². The van der Waals surface area contributed by atoms with E-state index in [4.69, 9.17) is 0 Å². The van der Waals surface area contributed by atoms with Crippen molar-refractivity contribution in [2.45, 2.75) is 24.9 Å². The lowest BCUT2D eigenvalue weighted by atomic mass is 10.0. The predicted molar refractivity (Wildman–Crippen MR) is 91.9 cm³/mol. The third-order valence-electron chi connectivity index (χ3n) is 4.00. The van der Waals surface area contributed by atoms with Crippen molar-refractivity contribution in [1.82, 2.24) is 5.32 Å². The summed E-state index contributed by atoms with van der Waals surface area (Å²) < 4.78 is 51.0. The van der Waals surface area contributed by atoms with Crippen LogP contribution in [0.15, 0.2) is 53.7 Å². The average Bonchev–Trinajstić information content (AvgIpc) is 3.06. The molecule has 0 bridgehead atoms. The van der Waals surface area contributed by atoms with E-state index >= 15 is 0 Å². The van der Waals surface area contributed by atoms with Gasteiger partial charge in [0, 0.05) is 12.2 Å². The lowest BCUT2D eigenvalue weighted by molar-refractivity contribution is -0.355. The molecule has 10 heteroatoms. The molecule has 0 fully saturated rings. The second-order valence-corrected chi connectivity index (χ2v) is 6.10. The van der Waals surface area contributed by atoms with Crippen LogP contribution < -0.4 is 10.6 Å². The molecule has 1 aliphatic heterocycles. The molecular weight excluding hydrogens is 382 g/mol. The molecule has 0 spiro atoms.